The normalized spacial score (nSPS) is 15.4. The summed E-state index contributed by atoms with van der Waals surface area (Å²) in [6, 6.07) is 11.7. The average Bonchev–Trinajstić information content (AvgIpc) is 2.51. The van der Waals surface area contributed by atoms with E-state index in [4.69, 9.17) is 4.74 Å². The minimum Gasteiger partial charge on any atom is -0.504 e. The van der Waals surface area contributed by atoms with Crippen molar-refractivity contribution >= 4 is 23.5 Å². The van der Waals surface area contributed by atoms with Gasteiger partial charge in [0.15, 0.2) is 11.5 Å². The number of rotatable bonds is 2. The van der Waals surface area contributed by atoms with E-state index in [-0.39, 0.29) is 5.75 Å². The van der Waals surface area contributed by atoms with Gasteiger partial charge in [0.05, 0.1) is 7.11 Å². The van der Waals surface area contributed by atoms with E-state index in [1.807, 2.05) is 0 Å². The Morgan fingerprint density at radius 2 is 1.77 bits per heavy atom. The Hall–Kier alpha value is -3.08. The van der Waals surface area contributed by atoms with Gasteiger partial charge in [-0.2, -0.15) is 0 Å². The Morgan fingerprint density at radius 1 is 1.05 bits per heavy atom. The number of hydrogen-bond donors (Lipinski definition) is 2. The number of phenols is 1. The third-order valence-electron chi connectivity index (χ3n) is 3.45. The van der Waals surface area contributed by atoms with Crippen LogP contribution >= 0.6 is 0 Å². The van der Waals surface area contributed by atoms with Crippen LogP contribution in [-0.2, 0) is 4.79 Å². The SMILES string of the molecule is COc1ccc(/C=C2/C(=O)NC(=O)c3ccccc32)cc1O. The zero-order chi connectivity index (χ0) is 15.7. The lowest BCUT2D eigenvalue weighted by molar-refractivity contribution is -0.114. The van der Waals surface area contributed by atoms with Gasteiger partial charge in [-0.3, -0.25) is 14.9 Å². The standard InChI is InChI=1S/C17H13NO4/c1-22-15-7-6-10(9-14(15)19)8-13-11-4-2-3-5-12(11)16(20)18-17(13)21/h2-9,19H,1H3,(H,18,20,21)/b13-8+. The minimum absolute atomic E-state index is 0.0163. The number of hydrogen-bond acceptors (Lipinski definition) is 4. The predicted octanol–water partition coefficient (Wildman–Crippen LogP) is 2.21. The monoisotopic (exact) mass is 295 g/mol. The molecule has 0 atom stereocenters. The lowest BCUT2D eigenvalue weighted by Gasteiger charge is -2.18. The van der Waals surface area contributed by atoms with Crippen molar-refractivity contribution in [1.82, 2.24) is 5.32 Å². The number of carbonyl (C=O) groups is 2. The molecule has 2 aromatic rings. The van der Waals surface area contributed by atoms with Gasteiger partial charge in [-0.05, 0) is 35.4 Å². The van der Waals surface area contributed by atoms with Crippen LogP contribution in [0.1, 0.15) is 21.5 Å². The molecule has 0 radical (unpaired) electrons. The fourth-order valence-corrected chi connectivity index (χ4v) is 2.38. The molecule has 0 bridgehead atoms. The molecule has 3 rings (SSSR count). The van der Waals surface area contributed by atoms with Crippen LogP contribution in [0.15, 0.2) is 42.5 Å². The van der Waals surface area contributed by atoms with Crippen LogP contribution in [0.4, 0.5) is 0 Å². The molecule has 5 heteroatoms. The molecule has 0 fully saturated rings. The summed E-state index contributed by atoms with van der Waals surface area (Å²) in [6.45, 7) is 0. The van der Waals surface area contributed by atoms with Gasteiger partial charge in [-0.15, -0.1) is 0 Å². The molecule has 110 valence electrons. The molecule has 2 aromatic carbocycles. The van der Waals surface area contributed by atoms with E-state index in [1.165, 1.54) is 13.2 Å². The van der Waals surface area contributed by atoms with Gasteiger partial charge in [-0.1, -0.05) is 24.3 Å². The van der Waals surface area contributed by atoms with Crippen molar-refractivity contribution in [2.75, 3.05) is 7.11 Å². The molecule has 0 spiro atoms. The van der Waals surface area contributed by atoms with Crippen LogP contribution in [0.25, 0.3) is 11.6 Å². The van der Waals surface area contributed by atoms with Gasteiger partial charge in [0.25, 0.3) is 11.8 Å². The maximum absolute atomic E-state index is 12.1. The van der Waals surface area contributed by atoms with Crippen LogP contribution in [-0.4, -0.2) is 24.0 Å². The number of nitrogens with one attached hydrogen (secondary N) is 1. The molecule has 0 saturated carbocycles. The lowest BCUT2D eigenvalue weighted by Crippen LogP contribution is -2.36. The smallest absolute Gasteiger partial charge is 0.258 e. The van der Waals surface area contributed by atoms with Gasteiger partial charge in [0.2, 0.25) is 0 Å². The Bertz CT molecular complexity index is 808. The molecule has 0 aromatic heterocycles. The van der Waals surface area contributed by atoms with Crippen molar-refractivity contribution in [2.24, 2.45) is 0 Å². The van der Waals surface area contributed by atoms with Gasteiger partial charge in [-0.25, -0.2) is 0 Å². The molecular weight excluding hydrogens is 282 g/mol. The van der Waals surface area contributed by atoms with Gasteiger partial charge >= 0.3 is 0 Å². The summed E-state index contributed by atoms with van der Waals surface area (Å²) in [5, 5.41) is 12.1. The van der Waals surface area contributed by atoms with Crippen LogP contribution < -0.4 is 10.1 Å². The van der Waals surface area contributed by atoms with E-state index in [0.717, 1.165) is 0 Å². The summed E-state index contributed by atoms with van der Waals surface area (Å²) in [5.41, 5.74) is 2.03. The highest BCUT2D eigenvalue weighted by molar-refractivity contribution is 6.33. The summed E-state index contributed by atoms with van der Waals surface area (Å²) in [7, 11) is 1.46. The number of imide groups is 1. The summed E-state index contributed by atoms with van der Waals surface area (Å²) < 4.78 is 4.99. The van der Waals surface area contributed by atoms with E-state index < -0.39 is 11.8 Å². The number of methoxy groups -OCH3 is 1. The van der Waals surface area contributed by atoms with Crippen molar-refractivity contribution in [3.8, 4) is 11.5 Å². The molecule has 1 aliphatic heterocycles. The third-order valence-corrected chi connectivity index (χ3v) is 3.45. The second-order valence-corrected chi connectivity index (χ2v) is 4.82. The second kappa shape index (κ2) is 5.37. The predicted molar refractivity (Wildman–Crippen MR) is 81.4 cm³/mol. The highest BCUT2D eigenvalue weighted by Crippen LogP contribution is 2.30. The van der Waals surface area contributed by atoms with E-state index in [1.54, 1.807) is 42.5 Å². The number of carbonyl (C=O) groups excluding carboxylic acids is 2. The number of ether oxygens (including phenoxy) is 1. The molecule has 5 nitrogen and oxygen atoms in total. The summed E-state index contributed by atoms with van der Waals surface area (Å²) >= 11 is 0. The fourth-order valence-electron chi connectivity index (χ4n) is 2.38. The molecule has 22 heavy (non-hydrogen) atoms. The zero-order valence-corrected chi connectivity index (χ0v) is 11.8. The number of amides is 2. The van der Waals surface area contributed by atoms with Crippen molar-refractivity contribution < 1.29 is 19.4 Å². The molecule has 1 aliphatic rings. The Balaban J connectivity index is 2.10. The van der Waals surface area contributed by atoms with Gasteiger partial charge < -0.3 is 9.84 Å². The first-order chi connectivity index (χ1) is 10.6. The Labute approximate surface area is 126 Å². The van der Waals surface area contributed by atoms with E-state index >= 15 is 0 Å². The van der Waals surface area contributed by atoms with Gasteiger partial charge in [0, 0.05) is 11.1 Å². The number of benzene rings is 2. The molecule has 0 aliphatic carbocycles. The number of fused-ring (bicyclic) bond motifs is 1. The summed E-state index contributed by atoms with van der Waals surface area (Å²) in [4.78, 5) is 23.9. The third kappa shape index (κ3) is 2.33. The Kier molecular flexibility index (Phi) is 3.39. The van der Waals surface area contributed by atoms with Crippen molar-refractivity contribution in [1.29, 1.82) is 0 Å². The van der Waals surface area contributed by atoms with E-state index in [0.29, 0.717) is 28.0 Å². The highest BCUT2D eigenvalue weighted by Gasteiger charge is 2.26. The summed E-state index contributed by atoms with van der Waals surface area (Å²) in [6.07, 6.45) is 1.62. The first-order valence-electron chi connectivity index (χ1n) is 6.64. The maximum Gasteiger partial charge on any atom is 0.258 e. The van der Waals surface area contributed by atoms with Crippen molar-refractivity contribution in [3.05, 3.63) is 59.2 Å². The van der Waals surface area contributed by atoms with Crippen molar-refractivity contribution in [3.63, 3.8) is 0 Å². The second-order valence-electron chi connectivity index (χ2n) is 4.82. The number of phenolic OH excluding ortho intramolecular Hbond substituents is 1. The number of aromatic hydroxyl groups is 1. The molecule has 2 amide bonds. The van der Waals surface area contributed by atoms with Crippen LogP contribution in [0.3, 0.4) is 0 Å². The van der Waals surface area contributed by atoms with Crippen molar-refractivity contribution in [2.45, 2.75) is 0 Å². The zero-order valence-electron chi connectivity index (χ0n) is 11.8. The topological polar surface area (TPSA) is 75.6 Å². The highest BCUT2D eigenvalue weighted by atomic mass is 16.5. The fraction of sp³-hybridized carbons (Fsp3) is 0.0588. The van der Waals surface area contributed by atoms with Crippen LogP contribution in [0, 0.1) is 0 Å². The Morgan fingerprint density at radius 3 is 2.45 bits per heavy atom. The largest absolute Gasteiger partial charge is 0.504 e. The molecule has 0 unspecified atom stereocenters. The minimum atomic E-state index is -0.459. The molecule has 0 saturated heterocycles. The lowest BCUT2D eigenvalue weighted by atomic mass is 9.93. The van der Waals surface area contributed by atoms with Crippen LogP contribution in [0.2, 0.25) is 0 Å². The van der Waals surface area contributed by atoms with Crippen LogP contribution in [0.5, 0.6) is 11.5 Å². The average molecular weight is 295 g/mol. The quantitative estimate of drug-likeness (QED) is 0.658. The van der Waals surface area contributed by atoms with E-state index in [2.05, 4.69) is 5.32 Å². The molecule has 1 heterocycles. The maximum atomic E-state index is 12.1. The van der Waals surface area contributed by atoms with Gasteiger partial charge in [0.1, 0.15) is 0 Å². The molecular formula is C17H13NO4. The first kappa shape index (κ1) is 13.9. The summed E-state index contributed by atoms with van der Waals surface area (Å²) in [5.74, 6) is -0.530. The first-order valence-corrected chi connectivity index (χ1v) is 6.64. The molecule has 2 N–H and O–H groups in total. The van der Waals surface area contributed by atoms with E-state index in [9.17, 15) is 14.7 Å².